The van der Waals surface area contributed by atoms with Crippen molar-refractivity contribution in [1.82, 2.24) is 15.3 Å². The SMILES string of the molecule is C[C@@H]1CC[C@@H](C(=O)Nc2cc(C(F)(F)F)ccc2-c2cc(Nc3cccc4c3CC(O)CC4)ncn2)N1.Cl. The summed E-state index contributed by atoms with van der Waals surface area (Å²) in [5.41, 5.74) is 2.87. The Balaban J connectivity index is 0.00000336. The second-order valence-electron chi connectivity index (χ2n) is 9.70. The van der Waals surface area contributed by atoms with Crippen LogP contribution in [0.15, 0.2) is 48.8 Å². The molecule has 0 saturated carbocycles. The second-order valence-corrected chi connectivity index (χ2v) is 9.70. The van der Waals surface area contributed by atoms with E-state index in [1.807, 2.05) is 25.1 Å². The number of anilines is 3. The summed E-state index contributed by atoms with van der Waals surface area (Å²) in [7, 11) is 0. The lowest BCUT2D eigenvalue weighted by Gasteiger charge is -2.23. The number of aliphatic hydroxyl groups excluding tert-OH is 1. The van der Waals surface area contributed by atoms with Gasteiger partial charge in [-0.05, 0) is 61.9 Å². The van der Waals surface area contributed by atoms with Crippen LogP contribution in [0, 0.1) is 0 Å². The molecule has 1 aliphatic heterocycles. The highest BCUT2D eigenvalue weighted by Crippen LogP contribution is 2.36. The van der Waals surface area contributed by atoms with E-state index in [0.29, 0.717) is 36.3 Å². The fourth-order valence-electron chi connectivity index (χ4n) is 5.00. The van der Waals surface area contributed by atoms with Gasteiger partial charge in [-0.15, -0.1) is 12.4 Å². The number of aryl methyl sites for hydroxylation is 1. The van der Waals surface area contributed by atoms with Crippen molar-refractivity contribution >= 4 is 35.5 Å². The summed E-state index contributed by atoms with van der Waals surface area (Å²) in [5.74, 6) is 0.0636. The molecule has 11 heteroatoms. The number of nitrogens with one attached hydrogen (secondary N) is 3. The minimum Gasteiger partial charge on any atom is -0.393 e. The Morgan fingerprint density at radius 3 is 2.63 bits per heavy atom. The number of hydrogen-bond donors (Lipinski definition) is 4. The van der Waals surface area contributed by atoms with Crippen molar-refractivity contribution in [3.8, 4) is 11.3 Å². The molecule has 5 rings (SSSR count). The lowest BCUT2D eigenvalue weighted by atomic mass is 9.88. The molecule has 1 aliphatic carbocycles. The van der Waals surface area contributed by atoms with Gasteiger partial charge in [0.25, 0.3) is 0 Å². The van der Waals surface area contributed by atoms with Gasteiger partial charge in [-0.2, -0.15) is 13.2 Å². The zero-order valence-corrected chi connectivity index (χ0v) is 21.5. The Kier molecular flexibility index (Phi) is 8.25. The Morgan fingerprint density at radius 1 is 1.08 bits per heavy atom. The maximum Gasteiger partial charge on any atom is 0.416 e. The molecule has 1 saturated heterocycles. The molecule has 1 amide bonds. The van der Waals surface area contributed by atoms with Crippen LogP contribution in [0.25, 0.3) is 11.3 Å². The fraction of sp³-hybridized carbons (Fsp3) is 0.370. The zero-order chi connectivity index (χ0) is 26.2. The number of aromatic nitrogens is 2. The van der Waals surface area contributed by atoms with Gasteiger partial charge < -0.3 is 21.1 Å². The number of carbonyl (C=O) groups excluding carboxylic acids is 1. The Hall–Kier alpha value is -3.21. The number of benzene rings is 2. The molecule has 0 radical (unpaired) electrons. The lowest BCUT2D eigenvalue weighted by Crippen LogP contribution is -2.38. The van der Waals surface area contributed by atoms with Crippen molar-refractivity contribution in [3.05, 3.63) is 65.5 Å². The van der Waals surface area contributed by atoms with Crippen LogP contribution >= 0.6 is 12.4 Å². The van der Waals surface area contributed by atoms with E-state index in [1.165, 1.54) is 12.4 Å². The highest BCUT2D eigenvalue weighted by atomic mass is 35.5. The molecule has 1 unspecified atom stereocenters. The van der Waals surface area contributed by atoms with Crippen LogP contribution in [-0.4, -0.2) is 39.2 Å². The Morgan fingerprint density at radius 2 is 1.89 bits per heavy atom. The maximum absolute atomic E-state index is 13.5. The van der Waals surface area contributed by atoms with Gasteiger partial charge in [0.2, 0.25) is 5.91 Å². The predicted molar refractivity (Wildman–Crippen MR) is 142 cm³/mol. The first-order valence-corrected chi connectivity index (χ1v) is 12.3. The normalized spacial score (nSPS) is 20.8. The Bertz CT molecular complexity index is 1320. The quantitative estimate of drug-likeness (QED) is 0.348. The number of nitrogens with zero attached hydrogens (tertiary/aromatic N) is 2. The monoisotopic (exact) mass is 547 g/mol. The topological polar surface area (TPSA) is 99.2 Å². The first-order valence-electron chi connectivity index (χ1n) is 12.3. The van der Waals surface area contributed by atoms with Gasteiger partial charge in [0.05, 0.1) is 29.1 Å². The van der Waals surface area contributed by atoms with E-state index in [0.717, 1.165) is 41.8 Å². The summed E-state index contributed by atoms with van der Waals surface area (Å²) in [6.45, 7) is 1.96. The van der Waals surface area contributed by atoms with E-state index in [2.05, 4.69) is 25.9 Å². The predicted octanol–water partition coefficient (Wildman–Crippen LogP) is 5.26. The van der Waals surface area contributed by atoms with E-state index in [-0.39, 0.29) is 30.0 Å². The molecule has 4 N–H and O–H groups in total. The number of halogens is 4. The average molecular weight is 548 g/mol. The highest BCUT2D eigenvalue weighted by molar-refractivity contribution is 5.98. The van der Waals surface area contributed by atoms with Crippen molar-refractivity contribution in [2.24, 2.45) is 0 Å². The van der Waals surface area contributed by atoms with Crippen molar-refractivity contribution in [2.75, 3.05) is 10.6 Å². The van der Waals surface area contributed by atoms with Crippen molar-refractivity contribution in [3.63, 3.8) is 0 Å². The van der Waals surface area contributed by atoms with Crippen molar-refractivity contribution < 1.29 is 23.1 Å². The summed E-state index contributed by atoms with van der Waals surface area (Å²) >= 11 is 0. The number of aliphatic hydroxyl groups is 1. The maximum atomic E-state index is 13.5. The van der Waals surface area contributed by atoms with Gasteiger partial charge in [0.1, 0.15) is 12.1 Å². The largest absolute Gasteiger partial charge is 0.416 e. The fourth-order valence-corrected chi connectivity index (χ4v) is 5.00. The van der Waals surface area contributed by atoms with Crippen LogP contribution in [0.5, 0.6) is 0 Å². The third kappa shape index (κ3) is 6.09. The molecule has 2 aliphatic rings. The highest BCUT2D eigenvalue weighted by Gasteiger charge is 2.32. The molecule has 1 fully saturated rings. The number of alkyl halides is 3. The third-order valence-electron chi connectivity index (χ3n) is 6.96. The second kappa shape index (κ2) is 11.3. The van der Waals surface area contributed by atoms with Crippen LogP contribution < -0.4 is 16.0 Å². The van der Waals surface area contributed by atoms with Gasteiger partial charge in [-0.1, -0.05) is 18.2 Å². The van der Waals surface area contributed by atoms with Gasteiger partial charge in [-0.25, -0.2) is 9.97 Å². The summed E-state index contributed by atoms with van der Waals surface area (Å²) in [6, 6.07) is 10.4. The van der Waals surface area contributed by atoms with Crippen LogP contribution in [-0.2, 0) is 23.8 Å². The molecule has 0 bridgehead atoms. The molecular formula is C27H29ClF3N5O2. The van der Waals surface area contributed by atoms with Gasteiger partial charge >= 0.3 is 6.18 Å². The standard InChI is InChI=1S/C27H28F3N5O2.ClH/c1-15-5-10-22(33-15)26(37)35-24-11-17(27(28,29)30)7-9-19(24)23-13-25(32-14-31-23)34-21-4-2-3-16-6-8-18(36)12-20(16)21;/h2-4,7,9,11,13-15,18,22,33,36H,5-6,8,10,12H2,1H3,(H,35,37)(H,31,32,34);1H/t15-,18?,22+;/m1./s1. The summed E-state index contributed by atoms with van der Waals surface area (Å²) in [6.07, 6.45) is -0.200. The molecule has 2 aromatic carbocycles. The van der Waals surface area contributed by atoms with Crippen molar-refractivity contribution in [1.29, 1.82) is 0 Å². The molecular weight excluding hydrogens is 519 g/mol. The molecule has 3 atom stereocenters. The smallest absolute Gasteiger partial charge is 0.393 e. The molecule has 2 heterocycles. The molecule has 202 valence electrons. The number of amides is 1. The van der Waals surface area contributed by atoms with Crippen LogP contribution in [0.2, 0.25) is 0 Å². The summed E-state index contributed by atoms with van der Waals surface area (Å²) in [5, 5.41) is 19.3. The average Bonchev–Trinajstić information content (AvgIpc) is 3.30. The van der Waals surface area contributed by atoms with E-state index >= 15 is 0 Å². The minimum atomic E-state index is -4.56. The molecule has 0 spiro atoms. The molecule has 1 aromatic heterocycles. The first kappa shape index (κ1) is 27.8. The van der Waals surface area contributed by atoms with E-state index in [9.17, 15) is 23.1 Å². The lowest BCUT2D eigenvalue weighted by molar-refractivity contribution is -0.137. The first-order chi connectivity index (χ1) is 17.7. The molecule has 38 heavy (non-hydrogen) atoms. The number of fused-ring (bicyclic) bond motifs is 1. The third-order valence-corrected chi connectivity index (χ3v) is 6.96. The van der Waals surface area contributed by atoms with E-state index < -0.39 is 23.9 Å². The zero-order valence-electron chi connectivity index (χ0n) is 20.7. The van der Waals surface area contributed by atoms with Crippen LogP contribution in [0.1, 0.15) is 42.9 Å². The summed E-state index contributed by atoms with van der Waals surface area (Å²) in [4.78, 5) is 21.4. The van der Waals surface area contributed by atoms with Crippen LogP contribution in [0.3, 0.4) is 0 Å². The molecule has 7 nitrogen and oxygen atoms in total. The minimum absolute atomic E-state index is 0. The van der Waals surface area contributed by atoms with Gasteiger partial charge in [0.15, 0.2) is 0 Å². The number of hydrogen-bond acceptors (Lipinski definition) is 6. The number of rotatable bonds is 5. The van der Waals surface area contributed by atoms with Crippen molar-refractivity contribution in [2.45, 2.75) is 63.4 Å². The Labute approximate surface area is 224 Å². The summed E-state index contributed by atoms with van der Waals surface area (Å²) < 4.78 is 40.5. The van der Waals surface area contributed by atoms with Crippen LogP contribution in [0.4, 0.5) is 30.4 Å². The van der Waals surface area contributed by atoms with E-state index in [4.69, 9.17) is 0 Å². The molecule has 3 aromatic rings. The van der Waals surface area contributed by atoms with Gasteiger partial charge in [-0.3, -0.25) is 4.79 Å². The number of carbonyl (C=O) groups is 1. The van der Waals surface area contributed by atoms with E-state index in [1.54, 1.807) is 6.07 Å². The van der Waals surface area contributed by atoms with Gasteiger partial charge in [0, 0.05) is 29.8 Å².